The predicted molar refractivity (Wildman–Crippen MR) is 123 cm³/mol. The molecule has 0 aliphatic rings. The van der Waals surface area contributed by atoms with Crippen molar-refractivity contribution in [3.63, 3.8) is 0 Å². The first-order valence-electron chi connectivity index (χ1n) is 8.77. The summed E-state index contributed by atoms with van der Waals surface area (Å²) in [6.45, 7) is 1.90. The molecular weight excluding hydrogens is 503 g/mol. The lowest BCUT2D eigenvalue weighted by Gasteiger charge is -2.11. The molecular formula is C22H16ClIN2O3. The van der Waals surface area contributed by atoms with Crippen LogP contribution in [-0.2, 0) is 0 Å². The summed E-state index contributed by atoms with van der Waals surface area (Å²) in [5, 5.41) is 3.46. The number of nitrogens with zero attached hydrogens (tertiary/aromatic N) is 1. The van der Waals surface area contributed by atoms with Gasteiger partial charge in [-0.05, 0) is 77.5 Å². The van der Waals surface area contributed by atoms with Crippen LogP contribution in [0.2, 0.25) is 5.02 Å². The lowest BCUT2D eigenvalue weighted by molar-refractivity contribution is 0.102. The molecule has 29 heavy (non-hydrogen) atoms. The van der Waals surface area contributed by atoms with Crippen molar-refractivity contribution >= 4 is 56.9 Å². The van der Waals surface area contributed by atoms with E-state index < -0.39 is 0 Å². The number of nitrogens with one attached hydrogen (secondary N) is 1. The van der Waals surface area contributed by atoms with Gasteiger partial charge in [0.05, 0.1) is 23.3 Å². The van der Waals surface area contributed by atoms with Crippen LogP contribution >= 0.6 is 34.2 Å². The number of anilines is 1. The van der Waals surface area contributed by atoms with Gasteiger partial charge in [0.1, 0.15) is 11.3 Å². The van der Waals surface area contributed by atoms with Gasteiger partial charge in [-0.2, -0.15) is 0 Å². The molecule has 0 atom stereocenters. The van der Waals surface area contributed by atoms with Crippen LogP contribution in [0.1, 0.15) is 15.9 Å². The monoisotopic (exact) mass is 518 g/mol. The van der Waals surface area contributed by atoms with E-state index in [-0.39, 0.29) is 5.91 Å². The van der Waals surface area contributed by atoms with Crippen molar-refractivity contribution in [2.45, 2.75) is 6.92 Å². The molecule has 0 saturated carbocycles. The van der Waals surface area contributed by atoms with Gasteiger partial charge in [-0.1, -0.05) is 23.7 Å². The van der Waals surface area contributed by atoms with E-state index in [0.717, 1.165) is 14.7 Å². The highest BCUT2D eigenvalue weighted by Gasteiger charge is 2.16. The zero-order valence-electron chi connectivity index (χ0n) is 15.6. The Hall–Kier alpha value is -2.58. The lowest BCUT2D eigenvalue weighted by atomic mass is 10.1. The van der Waals surface area contributed by atoms with E-state index in [4.69, 9.17) is 20.8 Å². The lowest BCUT2D eigenvalue weighted by Crippen LogP contribution is -2.13. The molecule has 0 aliphatic heterocycles. The van der Waals surface area contributed by atoms with E-state index in [2.05, 4.69) is 32.9 Å². The van der Waals surface area contributed by atoms with Gasteiger partial charge in [0.15, 0.2) is 5.58 Å². The van der Waals surface area contributed by atoms with Gasteiger partial charge in [0.2, 0.25) is 5.89 Å². The highest BCUT2D eigenvalue weighted by atomic mass is 127. The highest BCUT2D eigenvalue weighted by Crippen LogP contribution is 2.32. The van der Waals surface area contributed by atoms with Gasteiger partial charge in [0.25, 0.3) is 5.91 Å². The van der Waals surface area contributed by atoms with Crippen LogP contribution in [0.4, 0.5) is 5.69 Å². The van der Waals surface area contributed by atoms with E-state index in [1.807, 2.05) is 37.3 Å². The summed E-state index contributed by atoms with van der Waals surface area (Å²) < 4.78 is 12.3. The smallest absolute Gasteiger partial charge is 0.259 e. The van der Waals surface area contributed by atoms with Crippen LogP contribution in [0.25, 0.3) is 22.6 Å². The number of para-hydroxylation sites is 1. The van der Waals surface area contributed by atoms with Gasteiger partial charge < -0.3 is 14.5 Å². The number of hydrogen-bond acceptors (Lipinski definition) is 4. The summed E-state index contributed by atoms with van der Waals surface area (Å²) in [5.41, 5.74) is 3.94. The summed E-state index contributed by atoms with van der Waals surface area (Å²) in [7, 11) is 1.55. The first kappa shape index (κ1) is 19.7. The molecule has 1 heterocycles. The number of halogens is 2. The Morgan fingerprint density at radius 1 is 1.17 bits per heavy atom. The van der Waals surface area contributed by atoms with Crippen molar-refractivity contribution in [2.75, 3.05) is 12.4 Å². The minimum atomic E-state index is -0.255. The van der Waals surface area contributed by atoms with Gasteiger partial charge >= 0.3 is 0 Å². The molecule has 0 spiro atoms. The second-order valence-electron chi connectivity index (χ2n) is 6.44. The Bertz CT molecular complexity index is 1240. The van der Waals surface area contributed by atoms with Crippen LogP contribution in [0, 0.1) is 10.5 Å². The number of amides is 1. The number of carbonyl (C=O) groups excluding carboxylic acids is 1. The standard InChI is InChI=1S/C22H16ClIN2O3/c1-12-4-3-5-15(20(12)28-2)21(27)25-14-7-9-19-18(11-14)26-22(29-19)16-10-13(24)6-8-17(16)23/h3-11H,1-2H3,(H,25,27). The third-order valence-corrected chi connectivity index (χ3v) is 5.47. The SMILES string of the molecule is COc1c(C)cccc1C(=O)Nc1ccc2oc(-c3cc(I)ccc3Cl)nc2c1. The molecule has 7 heteroatoms. The molecule has 4 rings (SSSR count). The van der Waals surface area contributed by atoms with Crippen LogP contribution in [-0.4, -0.2) is 18.0 Å². The fourth-order valence-electron chi connectivity index (χ4n) is 3.08. The molecule has 3 aromatic carbocycles. The predicted octanol–water partition coefficient (Wildman–Crippen LogP) is 6.32. The number of methoxy groups -OCH3 is 1. The molecule has 1 aromatic heterocycles. The molecule has 0 saturated heterocycles. The average Bonchev–Trinajstić information content (AvgIpc) is 3.12. The van der Waals surface area contributed by atoms with Crippen LogP contribution in [0.5, 0.6) is 5.75 Å². The van der Waals surface area contributed by atoms with E-state index in [0.29, 0.717) is 39.0 Å². The fourth-order valence-corrected chi connectivity index (χ4v) is 3.77. The Labute approximate surface area is 186 Å². The number of aromatic nitrogens is 1. The summed E-state index contributed by atoms with van der Waals surface area (Å²) in [6.07, 6.45) is 0. The van der Waals surface area contributed by atoms with Gasteiger partial charge in [-0.3, -0.25) is 4.79 Å². The second-order valence-corrected chi connectivity index (χ2v) is 8.09. The van der Waals surface area contributed by atoms with E-state index in [1.54, 1.807) is 31.4 Å². The zero-order chi connectivity index (χ0) is 20.5. The average molecular weight is 519 g/mol. The number of rotatable bonds is 4. The summed E-state index contributed by atoms with van der Waals surface area (Å²) in [6, 6.07) is 16.4. The molecule has 0 radical (unpaired) electrons. The number of hydrogen-bond donors (Lipinski definition) is 1. The molecule has 5 nitrogen and oxygen atoms in total. The number of ether oxygens (including phenoxy) is 1. The summed E-state index contributed by atoms with van der Waals surface area (Å²) in [4.78, 5) is 17.3. The van der Waals surface area contributed by atoms with Crippen molar-refractivity contribution in [1.82, 2.24) is 4.98 Å². The number of fused-ring (bicyclic) bond motifs is 1. The number of carbonyl (C=O) groups is 1. The number of benzene rings is 3. The minimum Gasteiger partial charge on any atom is -0.496 e. The Kier molecular flexibility index (Phi) is 5.47. The number of oxazole rings is 1. The maximum atomic E-state index is 12.7. The Morgan fingerprint density at radius 2 is 2.00 bits per heavy atom. The molecule has 0 bridgehead atoms. The molecule has 0 aliphatic carbocycles. The first-order valence-corrected chi connectivity index (χ1v) is 10.2. The van der Waals surface area contributed by atoms with E-state index in [9.17, 15) is 4.79 Å². The summed E-state index contributed by atoms with van der Waals surface area (Å²) in [5.74, 6) is 0.741. The summed E-state index contributed by atoms with van der Waals surface area (Å²) >= 11 is 8.51. The quantitative estimate of drug-likeness (QED) is 0.321. The second kappa shape index (κ2) is 8.04. The van der Waals surface area contributed by atoms with Crippen molar-refractivity contribution in [1.29, 1.82) is 0 Å². The van der Waals surface area contributed by atoms with Crippen molar-refractivity contribution in [3.05, 3.63) is 74.3 Å². The molecule has 146 valence electrons. The normalized spacial score (nSPS) is 10.9. The van der Waals surface area contributed by atoms with Crippen LogP contribution < -0.4 is 10.1 Å². The van der Waals surface area contributed by atoms with E-state index >= 15 is 0 Å². The fraction of sp³-hybridized carbons (Fsp3) is 0.0909. The van der Waals surface area contributed by atoms with E-state index in [1.165, 1.54) is 0 Å². The third kappa shape index (κ3) is 3.95. The molecule has 1 N–H and O–H groups in total. The molecule has 4 aromatic rings. The third-order valence-electron chi connectivity index (χ3n) is 4.46. The topological polar surface area (TPSA) is 64.4 Å². The van der Waals surface area contributed by atoms with Gasteiger partial charge in [0, 0.05) is 9.26 Å². The first-order chi connectivity index (χ1) is 14.0. The maximum Gasteiger partial charge on any atom is 0.259 e. The van der Waals surface area contributed by atoms with Crippen molar-refractivity contribution in [3.8, 4) is 17.2 Å². The highest BCUT2D eigenvalue weighted by molar-refractivity contribution is 14.1. The van der Waals surface area contributed by atoms with Crippen LogP contribution in [0.3, 0.4) is 0 Å². The molecule has 0 fully saturated rings. The zero-order valence-corrected chi connectivity index (χ0v) is 18.5. The number of aryl methyl sites for hydroxylation is 1. The van der Waals surface area contributed by atoms with Gasteiger partial charge in [-0.25, -0.2) is 4.98 Å². The maximum absolute atomic E-state index is 12.7. The van der Waals surface area contributed by atoms with Crippen molar-refractivity contribution in [2.24, 2.45) is 0 Å². The minimum absolute atomic E-state index is 0.255. The Morgan fingerprint density at radius 3 is 2.79 bits per heavy atom. The largest absolute Gasteiger partial charge is 0.496 e. The van der Waals surface area contributed by atoms with Crippen molar-refractivity contribution < 1.29 is 13.9 Å². The van der Waals surface area contributed by atoms with Crippen LogP contribution in [0.15, 0.2) is 59.0 Å². The molecule has 0 unspecified atom stereocenters. The van der Waals surface area contributed by atoms with Gasteiger partial charge in [-0.15, -0.1) is 0 Å². The molecule has 1 amide bonds. The Balaban J connectivity index is 1.66.